The molecule has 1 amide bonds. The summed E-state index contributed by atoms with van der Waals surface area (Å²) >= 11 is 0. The predicted molar refractivity (Wildman–Crippen MR) is 75.2 cm³/mol. The highest BCUT2D eigenvalue weighted by Crippen LogP contribution is 2.19. The number of benzene rings is 2. The normalized spacial score (nSPS) is 10.2. The Morgan fingerprint density at radius 2 is 2.10 bits per heavy atom. The maximum Gasteiger partial charge on any atom is 0.255 e. The maximum absolute atomic E-state index is 13.3. The van der Waals surface area contributed by atoms with Gasteiger partial charge in [-0.3, -0.25) is 4.79 Å². The molecule has 0 atom stereocenters. The molecule has 5 heteroatoms. The number of hydrogen-bond acceptors (Lipinski definition) is 3. The number of nitrogens with two attached hydrogens (primary N) is 1. The molecule has 0 aliphatic rings. The van der Waals surface area contributed by atoms with Crippen LogP contribution in [-0.4, -0.2) is 13.0 Å². The van der Waals surface area contributed by atoms with Gasteiger partial charge < -0.3 is 15.8 Å². The Morgan fingerprint density at radius 1 is 1.30 bits per heavy atom. The molecule has 104 valence electrons. The number of ether oxygens (including phenoxy) is 1. The van der Waals surface area contributed by atoms with Gasteiger partial charge in [0.1, 0.15) is 0 Å². The molecule has 0 aliphatic carbocycles. The lowest BCUT2D eigenvalue weighted by molar-refractivity contribution is 0.102. The Balaban J connectivity index is 2.19. The highest BCUT2D eigenvalue weighted by atomic mass is 19.1. The lowest BCUT2D eigenvalue weighted by Gasteiger charge is -2.08. The molecule has 0 aliphatic heterocycles. The van der Waals surface area contributed by atoms with Crippen molar-refractivity contribution in [2.24, 2.45) is 5.73 Å². The lowest BCUT2D eigenvalue weighted by atomic mass is 10.1. The average molecular weight is 274 g/mol. The second-order valence-corrected chi connectivity index (χ2v) is 4.21. The van der Waals surface area contributed by atoms with Crippen LogP contribution in [0.5, 0.6) is 5.75 Å². The summed E-state index contributed by atoms with van der Waals surface area (Å²) in [6.07, 6.45) is 0. The molecule has 2 aromatic carbocycles. The second kappa shape index (κ2) is 6.16. The highest BCUT2D eigenvalue weighted by molar-refractivity contribution is 6.04. The first-order chi connectivity index (χ1) is 9.63. The van der Waals surface area contributed by atoms with Crippen LogP contribution in [0.3, 0.4) is 0 Å². The van der Waals surface area contributed by atoms with Crippen molar-refractivity contribution in [2.75, 3.05) is 12.4 Å². The molecule has 2 rings (SSSR count). The summed E-state index contributed by atoms with van der Waals surface area (Å²) in [5.74, 6) is -0.806. The fourth-order valence-electron chi connectivity index (χ4n) is 1.78. The van der Waals surface area contributed by atoms with E-state index >= 15 is 0 Å². The van der Waals surface area contributed by atoms with Crippen molar-refractivity contribution < 1.29 is 13.9 Å². The molecular weight excluding hydrogens is 259 g/mol. The van der Waals surface area contributed by atoms with E-state index in [4.69, 9.17) is 10.5 Å². The molecule has 20 heavy (non-hydrogen) atoms. The minimum absolute atomic E-state index is 0.0355. The standard InChI is InChI=1S/C15H15FN2O2/c1-20-14-8-11(5-6-13(14)16)15(19)18-12-4-2-3-10(7-12)9-17/h2-8H,9,17H2,1H3,(H,18,19). The number of nitrogens with one attached hydrogen (secondary N) is 1. The Bertz CT molecular complexity index is 629. The summed E-state index contributed by atoms with van der Waals surface area (Å²) in [4.78, 5) is 12.1. The molecular formula is C15H15FN2O2. The van der Waals surface area contributed by atoms with Gasteiger partial charge in [0.2, 0.25) is 0 Å². The third-order valence-corrected chi connectivity index (χ3v) is 2.83. The molecule has 0 spiro atoms. The number of hydrogen-bond donors (Lipinski definition) is 2. The zero-order chi connectivity index (χ0) is 14.5. The summed E-state index contributed by atoms with van der Waals surface area (Å²) < 4.78 is 18.1. The van der Waals surface area contributed by atoms with Crippen LogP contribution >= 0.6 is 0 Å². The number of carbonyl (C=O) groups is 1. The SMILES string of the molecule is COc1cc(C(=O)Nc2cccc(CN)c2)ccc1F. The molecule has 0 radical (unpaired) electrons. The first kappa shape index (κ1) is 14.0. The Labute approximate surface area is 116 Å². The zero-order valence-electron chi connectivity index (χ0n) is 11.0. The van der Waals surface area contributed by atoms with Crippen LogP contribution in [0.15, 0.2) is 42.5 Å². The van der Waals surface area contributed by atoms with Crippen molar-refractivity contribution in [3.63, 3.8) is 0 Å². The summed E-state index contributed by atoms with van der Waals surface area (Å²) in [5, 5.41) is 2.73. The fourth-order valence-corrected chi connectivity index (χ4v) is 1.78. The monoisotopic (exact) mass is 274 g/mol. The first-order valence-corrected chi connectivity index (χ1v) is 6.08. The van der Waals surface area contributed by atoms with E-state index in [2.05, 4.69) is 5.32 Å². The van der Waals surface area contributed by atoms with Gasteiger partial charge in [-0.05, 0) is 35.9 Å². The van der Waals surface area contributed by atoms with E-state index in [1.165, 1.54) is 25.3 Å². The summed E-state index contributed by atoms with van der Waals surface area (Å²) in [7, 11) is 1.35. The summed E-state index contributed by atoms with van der Waals surface area (Å²) in [6.45, 7) is 0.397. The minimum Gasteiger partial charge on any atom is -0.494 e. The second-order valence-electron chi connectivity index (χ2n) is 4.21. The molecule has 0 bridgehead atoms. The summed E-state index contributed by atoms with van der Waals surface area (Å²) in [6, 6.07) is 11.2. The Kier molecular flexibility index (Phi) is 4.32. The summed E-state index contributed by atoms with van der Waals surface area (Å²) in [5.41, 5.74) is 7.42. The maximum atomic E-state index is 13.3. The van der Waals surface area contributed by atoms with Gasteiger partial charge in [-0.1, -0.05) is 12.1 Å². The smallest absolute Gasteiger partial charge is 0.255 e. The van der Waals surface area contributed by atoms with Gasteiger partial charge in [-0.2, -0.15) is 0 Å². The predicted octanol–water partition coefficient (Wildman–Crippen LogP) is 2.55. The van der Waals surface area contributed by atoms with E-state index in [9.17, 15) is 9.18 Å². The first-order valence-electron chi connectivity index (χ1n) is 6.08. The van der Waals surface area contributed by atoms with Crippen LogP contribution in [0, 0.1) is 5.82 Å². The number of halogens is 1. The van der Waals surface area contributed by atoms with Crippen LogP contribution in [0.4, 0.5) is 10.1 Å². The Hall–Kier alpha value is -2.40. The van der Waals surface area contributed by atoms with Crippen molar-refractivity contribution in [3.8, 4) is 5.75 Å². The van der Waals surface area contributed by atoms with Gasteiger partial charge in [0, 0.05) is 17.8 Å². The third kappa shape index (κ3) is 3.13. The van der Waals surface area contributed by atoms with Crippen molar-refractivity contribution in [3.05, 3.63) is 59.4 Å². The van der Waals surface area contributed by atoms with E-state index in [-0.39, 0.29) is 11.7 Å². The van der Waals surface area contributed by atoms with Crippen molar-refractivity contribution in [1.29, 1.82) is 0 Å². The zero-order valence-corrected chi connectivity index (χ0v) is 11.0. The quantitative estimate of drug-likeness (QED) is 0.900. The van der Waals surface area contributed by atoms with Crippen LogP contribution in [0.1, 0.15) is 15.9 Å². The van der Waals surface area contributed by atoms with Gasteiger partial charge in [-0.15, -0.1) is 0 Å². The number of rotatable bonds is 4. The van der Waals surface area contributed by atoms with Gasteiger partial charge in [0.25, 0.3) is 5.91 Å². The molecule has 0 unspecified atom stereocenters. The fraction of sp³-hybridized carbons (Fsp3) is 0.133. The molecule has 3 N–H and O–H groups in total. The van der Waals surface area contributed by atoms with E-state index in [1.54, 1.807) is 12.1 Å². The number of methoxy groups -OCH3 is 1. The Morgan fingerprint density at radius 3 is 2.80 bits per heavy atom. The van der Waals surface area contributed by atoms with Gasteiger partial charge >= 0.3 is 0 Å². The molecule has 2 aromatic rings. The van der Waals surface area contributed by atoms with Gasteiger partial charge in [0.05, 0.1) is 7.11 Å². The van der Waals surface area contributed by atoms with E-state index in [0.29, 0.717) is 17.8 Å². The van der Waals surface area contributed by atoms with Crippen molar-refractivity contribution >= 4 is 11.6 Å². The number of amides is 1. The number of carbonyl (C=O) groups excluding carboxylic acids is 1. The van der Waals surface area contributed by atoms with Crippen LogP contribution < -0.4 is 15.8 Å². The highest BCUT2D eigenvalue weighted by Gasteiger charge is 2.10. The molecule has 0 heterocycles. The van der Waals surface area contributed by atoms with Gasteiger partial charge in [0.15, 0.2) is 11.6 Å². The van der Waals surface area contributed by atoms with Crippen molar-refractivity contribution in [2.45, 2.75) is 6.54 Å². The molecule has 0 saturated heterocycles. The van der Waals surface area contributed by atoms with E-state index in [0.717, 1.165) is 5.56 Å². The van der Waals surface area contributed by atoms with Crippen LogP contribution in [-0.2, 0) is 6.54 Å². The van der Waals surface area contributed by atoms with Crippen LogP contribution in [0.2, 0.25) is 0 Å². The molecule has 4 nitrogen and oxygen atoms in total. The lowest BCUT2D eigenvalue weighted by Crippen LogP contribution is -2.12. The average Bonchev–Trinajstić information content (AvgIpc) is 2.47. The van der Waals surface area contributed by atoms with Crippen molar-refractivity contribution in [1.82, 2.24) is 0 Å². The van der Waals surface area contributed by atoms with Gasteiger partial charge in [-0.25, -0.2) is 4.39 Å². The molecule has 0 aromatic heterocycles. The number of anilines is 1. The minimum atomic E-state index is -0.505. The van der Waals surface area contributed by atoms with E-state index < -0.39 is 5.82 Å². The third-order valence-electron chi connectivity index (χ3n) is 2.83. The topological polar surface area (TPSA) is 64.3 Å². The molecule has 0 saturated carbocycles. The largest absolute Gasteiger partial charge is 0.494 e. The van der Waals surface area contributed by atoms with Crippen LogP contribution in [0.25, 0.3) is 0 Å². The molecule has 0 fully saturated rings. The van der Waals surface area contributed by atoms with E-state index in [1.807, 2.05) is 12.1 Å².